The summed E-state index contributed by atoms with van der Waals surface area (Å²) in [7, 11) is 1.73. The lowest BCUT2D eigenvalue weighted by Crippen LogP contribution is -2.38. The van der Waals surface area contributed by atoms with E-state index in [0.717, 1.165) is 54.1 Å². The second kappa shape index (κ2) is 8.19. The van der Waals surface area contributed by atoms with Gasteiger partial charge < -0.3 is 19.7 Å². The maximum absolute atomic E-state index is 13.7. The highest BCUT2D eigenvalue weighted by molar-refractivity contribution is 6.01. The van der Waals surface area contributed by atoms with Gasteiger partial charge in [-0.2, -0.15) is 0 Å². The smallest absolute Gasteiger partial charge is 0.414 e. The fraction of sp³-hybridized carbons (Fsp3) is 0.435. The molecule has 3 aliphatic rings. The van der Waals surface area contributed by atoms with Crippen molar-refractivity contribution >= 4 is 34.9 Å². The topological polar surface area (TPSA) is 84.0 Å². The molecule has 1 aromatic heterocycles. The number of carbonyl (C=O) groups is 2. The van der Waals surface area contributed by atoms with Gasteiger partial charge in [-0.1, -0.05) is 6.07 Å². The number of cyclic esters (lactones) is 1. The van der Waals surface area contributed by atoms with Crippen molar-refractivity contribution in [2.45, 2.75) is 38.3 Å². The molecular formula is C23H26N4O4. The molecule has 0 atom stereocenters. The zero-order valence-corrected chi connectivity index (χ0v) is 17.5. The summed E-state index contributed by atoms with van der Waals surface area (Å²) >= 11 is 0. The van der Waals surface area contributed by atoms with Crippen LogP contribution in [-0.2, 0) is 20.8 Å². The van der Waals surface area contributed by atoms with E-state index in [-0.39, 0.29) is 24.0 Å². The Bertz CT molecular complexity index is 1000. The third kappa shape index (κ3) is 3.72. The molecule has 2 amide bonds. The van der Waals surface area contributed by atoms with E-state index < -0.39 is 0 Å². The van der Waals surface area contributed by atoms with Gasteiger partial charge >= 0.3 is 6.09 Å². The summed E-state index contributed by atoms with van der Waals surface area (Å²) in [4.78, 5) is 33.7. The average Bonchev–Trinajstić information content (AvgIpc) is 3.16. The number of amides is 2. The molecule has 0 radical (unpaired) electrons. The van der Waals surface area contributed by atoms with Crippen molar-refractivity contribution in [2.75, 3.05) is 35.4 Å². The van der Waals surface area contributed by atoms with Gasteiger partial charge in [-0.05, 0) is 49.9 Å². The number of anilines is 4. The van der Waals surface area contributed by atoms with Crippen molar-refractivity contribution in [1.29, 1.82) is 0 Å². The first-order chi connectivity index (χ1) is 15.1. The van der Waals surface area contributed by atoms with E-state index >= 15 is 0 Å². The molecule has 8 nitrogen and oxygen atoms in total. The van der Waals surface area contributed by atoms with Crippen LogP contribution in [0.3, 0.4) is 0 Å². The lowest BCUT2D eigenvalue weighted by molar-refractivity contribution is -0.124. The van der Waals surface area contributed by atoms with Crippen molar-refractivity contribution < 1.29 is 19.1 Å². The highest BCUT2D eigenvalue weighted by Crippen LogP contribution is 2.40. The van der Waals surface area contributed by atoms with E-state index in [1.807, 2.05) is 35.2 Å². The van der Waals surface area contributed by atoms with Gasteiger partial charge in [-0.25, -0.2) is 9.78 Å². The van der Waals surface area contributed by atoms with Crippen LogP contribution in [0.2, 0.25) is 0 Å². The number of ether oxygens (including phenoxy) is 2. The van der Waals surface area contributed by atoms with Crippen LogP contribution in [0.5, 0.6) is 0 Å². The summed E-state index contributed by atoms with van der Waals surface area (Å²) in [5, 5.41) is 3.38. The fourth-order valence-corrected chi connectivity index (χ4v) is 4.67. The van der Waals surface area contributed by atoms with Gasteiger partial charge in [0.15, 0.2) is 0 Å². The van der Waals surface area contributed by atoms with Crippen molar-refractivity contribution in [1.82, 2.24) is 4.98 Å². The Morgan fingerprint density at radius 1 is 1.23 bits per heavy atom. The molecule has 3 heterocycles. The summed E-state index contributed by atoms with van der Waals surface area (Å²) in [5.41, 5.74) is 3.24. The van der Waals surface area contributed by atoms with Crippen molar-refractivity contribution in [3.63, 3.8) is 0 Å². The number of aromatic nitrogens is 1. The molecule has 31 heavy (non-hydrogen) atoms. The van der Waals surface area contributed by atoms with Crippen LogP contribution in [-0.4, -0.2) is 43.3 Å². The molecule has 162 valence electrons. The van der Waals surface area contributed by atoms with E-state index in [1.54, 1.807) is 18.2 Å². The fourth-order valence-electron chi connectivity index (χ4n) is 4.67. The number of nitrogens with one attached hydrogen (secondary N) is 1. The molecule has 1 aromatic carbocycles. The summed E-state index contributed by atoms with van der Waals surface area (Å²) in [6, 6.07) is 9.55. The number of fused-ring (bicyclic) bond motifs is 2. The minimum absolute atomic E-state index is 0.0436. The molecule has 2 aliphatic heterocycles. The second-order valence-electron chi connectivity index (χ2n) is 8.24. The lowest BCUT2D eigenvalue weighted by Gasteiger charge is -2.32. The van der Waals surface area contributed by atoms with E-state index in [0.29, 0.717) is 19.7 Å². The SMILES string of the molecule is CO[C@H]1CC[C@H](C(=O)N2Cc3cccnc3Nc3ccc(N4CCOC4=O)cc32)CC1. The molecule has 5 rings (SSSR count). The predicted octanol–water partition coefficient (Wildman–Crippen LogP) is 3.83. The maximum Gasteiger partial charge on any atom is 0.414 e. The predicted molar refractivity (Wildman–Crippen MR) is 117 cm³/mol. The highest BCUT2D eigenvalue weighted by atomic mass is 16.6. The van der Waals surface area contributed by atoms with E-state index in [2.05, 4.69) is 10.3 Å². The molecule has 2 fully saturated rings. The van der Waals surface area contributed by atoms with E-state index in [1.165, 1.54) is 0 Å². The van der Waals surface area contributed by atoms with Crippen LogP contribution in [0.4, 0.5) is 27.7 Å². The Labute approximate surface area is 181 Å². The van der Waals surface area contributed by atoms with Crippen molar-refractivity contribution in [2.24, 2.45) is 5.92 Å². The van der Waals surface area contributed by atoms with Gasteiger partial charge in [0.2, 0.25) is 5.91 Å². The number of benzene rings is 1. The van der Waals surface area contributed by atoms with Crippen LogP contribution in [0.25, 0.3) is 0 Å². The van der Waals surface area contributed by atoms with Crippen LogP contribution in [0.15, 0.2) is 36.5 Å². The minimum atomic E-state index is -0.359. The van der Waals surface area contributed by atoms with Crippen LogP contribution in [0, 0.1) is 5.92 Å². The Kier molecular flexibility index (Phi) is 5.23. The van der Waals surface area contributed by atoms with Gasteiger partial charge in [0.05, 0.1) is 30.6 Å². The molecule has 8 heteroatoms. The molecule has 0 spiro atoms. The number of hydrogen-bond acceptors (Lipinski definition) is 6. The molecule has 1 N–H and O–H groups in total. The normalized spacial score (nSPS) is 22.8. The maximum atomic E-state index is 13.7. The molecule has 1 aliphatic carbocycles. The van der Waals surface area contributed by atoms with Gasteiger partial charge in [-0.15, -0.1) is 0 Å². The standard InChI is InChI=1S/C23H26N4O4/c1-30-18-7-4-15(5-8-18)22(28)27-14-16-3-2-10-24-21(16)25-19-9-6-17(13-20(19)27)26-11-12-31-23(26)29/h2-3,6,9-10,13,15,18H,4-5,7-8,11-12,14H2,1H3,(H,24,25)/t15-,18-. The number of rotatable bonds is 3. The van der Waals surface area contributed by atoms with Gasteiger partial charge in [-0.3, -0.25) is 9.69 Å². The zero-order valence-electron chi connectivity index (χ0n) is 17.5. The highest BCUT2D eigenvalue weighted by Gasteiger charge is 2.34. The largest absolute Gasteiger partial charge is 0.447 e. The average molecular weight is 422 g/mol. The minimum Gasteiger partial charge on any atom is -0.447 e. The Balaban J connectivity index is 1.51. The number of methoxy groups -OCH3 is 1. The van der Waals surface area contributed by atoms with Gasteiger partial charge in [0, 0.05) is 30.5 Å². The summed E-state index contributed by atoms with van der Waals surface area (Å²) in [6.45, 7) is 1.30. The van der Waals surface area contributed by atoms with Crippen LogP contribution < -0.4 is 15.1 Å². The lowest BCUT2D eigenvalue weighted by atomic mass is 9.86. The molecule has 0 unspecified atom stereocenters. The Morgan fingerprint density at radius 3 is 2.81 bits per heavy atom. The van der Waals surface area contributed by atoms with Crippen LogP contribution in [0.1, 0.15) is 31.2 Å². The number of hydrogen-bond donors (Lipinski definition) is 1. The van der Waals surface area contributed by atoms with E-state index in [4.69, 9.17) is 9.47 Å². The molecular weight excluding hydrogens is 396 g/mol. The number of nitrogens with zero attached hydrogens (tertiary/aromatic N) is 3. The third-order valence-electron chi connectivity index (χ3n) is 6.44. The Morgan fingerprint density at radius 2 is 2.06 bits per heavy atom. The molecule has 2 aromatic rings. The van der Waals surface area contributed by atoms with Crippen molar-refractivity contribution in [3.05, 3.63) is 42.1 Å². The zero-order chi connectivity index (χ0) is 21.4. The molecule has 1 saturated heterocycles. The quantitative estimate of drug-likeness (QED) is 0.809. The van der Waals surface area contributed by atoms with Gasteiger partial charge in [0.25, 0.3) is 0 Å². The monoisotopic (exact) mass is 422 g/mol. The summed E-state index contributed by atoms with van der Waals surface area (Å²) < 4.78 is 10.6. The number of pyridine rings is 1. The van der Waals surface area contributed by atoms with Crippen LogP contribution >= 0.6 is 0 Å². The first-order valence-electron chi connectivity index (χ1n) is 10.8. The van der Waals surface area contributed by atoms with Crippen molar-refractivity contribution in [3.8, 4) is 0 Å². The third-order valence-corrected chi connectivity index (χ3v) is 6.44. The summed E-state index contributed by atoms with van der Waals surface area (Å²) in [5.74, 6) is 0.809. The summed E-state index contributed by atoms with van der Waals surface area (Å²) in [6.07, 6.45) is 5.03. The first-order valence-corrected chi connectivity index (χ1v) is 10.8. The Hall–Kier alpha value is -3.13. The molecule has 0 bridgehead atoms. The first kappa shape index (κ1) is 19.8. The second-order valence-corrected chi connectivity index (χ2v) is 8.24. The number of carbonyl (C=O) groups excluding carboxylic acids is 2. The molecule has 1 saturated carbocycles. The van der Waals surface area contributed by atoms with E-state index in [9.17, 15) is 9.59 Å². The van der Waals surface area contributed by atoms with Gasteiger partial charge in [0.1, 0.15) is 12.4 Å².